The summed E-state index contributed by atoms with van der Waals surface area (Å²) in [6.07, 6.45) is -0.719. The summed E-state index contributed by atoms with van der Waals surface area (Å²) < 4.78 is 27.5. The van der Waals surface area contributed by atoms with Gasteiger partial charge in [-0.2, -0.15) is 0 Å². The number of aliphatic hydroxyl groups is 1. The van der Waals surface area contributed by atoms with Crippen LogP contribution in [0.2, 0.25) is 0 Å². The van der Waals surface area contributed by atoms with Crippen molar-refractivity contribution in [3.05, 3.63) is 68.1 Å². The zero-order chi connectivity index (χ0) is 14.0. The highest BCUT2D eigenvalue weighted by Crippen LogP contribution is 2.30. The SMILES string of the molecule is OC(Cc1cccc(F)c1Br)c1cc(F)ccc1Br. The molecule has 0 aliphatic rings. The second kappa shape index (κ2) is 6.11. The van der Waals surface area contributed by atoms with Crippen LogP contribution in [-0.4, -0.2) is 5.11 Å². The molecule has 1 nitrogen and oxygen atoms in total. The monoisotopic (exact) mass is 390 g/mol. The van der Waals surface area contributed by atoms with E-state index in [1.165, 1.54) is 24.3 Å². The summed E-state index contributed by atoms with van der Waals surface area (Å²) in [6, 6.07) is 8.72. The summed E-state index contributed by atoms with van der Waals surface area (Å²) in [4.78, 5) is 0. The van der Waals surface area contributed by atoms with Crippen molar-refractivity contribution in [1.82, 2.24) is 0 Å². The number of aliphatic hydroxyl groups excluding tert-OH is 1. The highest BCUT2D eigenvalue weighted by atomic mass is 79.9. The van der Waals surface area contributed by atoms with Gasteiger partial charge in [-0.05, 0) is 51.3 Å². The van der Waals surface area contributed by atoms with Crippen LogP contribution in [0.3, 0.4) is 0 Å². The van der Waals surface area contributed by atoms with Crippen LogP contribution in [0.4, 0.5) is 8.78 Å². The normalized spacial score (nSPS) is 12.5. The van der Waals surface area contributed by atoms with Gasteiger partial charge in [-0.3, -0.25) is 0 Å². The third kappa shape index (κ3) is 3.41. The van der Waals surface area contributed by atoms with Crippen LogP contribution in [-0.2, 0) is 6.42 Å². The Labute approximate surface area is 126 Å². The van der Waals surface area contributed by atoms with Gasteiger partial charge in [0.05, 0.1) is 10.6 Å². The highest BCUT2D eigenvalue weighted by molar-refractivity contribution is 9.10. The lowest BCUT2D eigenvalue weighted by Crippen LogP contribution is -2.04. The van der Waals surface area contributed by atoms with E-state index in [0.29, 0.717) is 20.1 Å². The average molecular weight is 392 g/mol. The first-order chi connectivity index (χ1) is 8.99. The van der Waals surface area contributed by atoms with Crippen molar-refractivity contribution in [3.8, 4) is 0 Å². The Morgan fingerprint density at radius 3 is 2.58 bits per heavy atom. The predicted molar refractivity (Wildman–Crippen MR) is 76.9 cm³/mol. The number of rotatable bonds is 3. The Morgan fingerprint density at radius 2 is 1.84 bits per heavy atom. The van der Waals surface area contributed by atoms with Crippen molar-refractivity contribution >= 4 is 31.9 Å². The molecule has 0 saturated carbocycles. The van der Waals surface area contributed by atoms with Gasteiger partial charge in [-0.1, -0.05) is 28.1 Å². The van der Waals surface area contributed by atoms with Gasteiger partial charge in [0.25, 0.3) is 0 Å². The minimum atomic E-state index is -0.914. The van der Waals surface area contributed by atoms with E-state index in [9.17, 15) is 13.9 Å². The Kier molecular flexibility index (Phi) is 4.71. The Bertz CT molecular complexity index is 602. The smallest absolute Gasteiger partial charge is 0.137 e. The molecule has 0 spiro atoms. The first kappa shape index (κ1) is 14.6. The molecule has 1 atom stereocenters. The fraction of sp³-hybridized carbons (Fsp3) is 0.143. The Morgan fingerprint density at radius 1 is 1.11 bits per heavy atom. The van der Waals surface area contributed by atoms with E-state index in [-0.39, 0.29) is 12.2 Å². The number of hydrogen-bond donors (Lipinski definition) is 1. The van der Waals surface area contributed by atoms with E-state index < -0.39 is 11.9 Å². The largest absolute Gasteiger partial charge is 0.388 e. The van der Waals surface area contributed by atoms with Crippen molar-refractivity contribution in [2.24, 2.45) is 0 Å². The summed E-state index contributed by atoms with van der Waals surface area (Å²) in [5, 5.41) is 10.2. The van der Waals surface area contributed by atoms with Crippen LogP contribution < -0.4 is 0 Å². The van der Waals surface area contributed by atoms with Crippen molar-refractivity contribution in [2.45, 2.75) is 12.5 Å². The number of hydrogen-bond acceptors (Lipinski definition) is 1. The molecule has 0 fully saturated rings. The van der Waals surface area contributed by atoms with Crippen molar-refractivity contribution in [1.29, 1.82) is 0 Å². The van der Waals surface area contributed by atoms with Crippen molar-refractivity contribution in [2.75, 3.05) is 0 Å². The molecule has 19 heavy (non-hydrogen) atoms. The first-order valence-electron chi connectivity index (χ1n) is 5.55. The second-order valence-corrected chi connectivity index (χ2v) is 5.75. The van der Waals surface area contributed by atoms with Gasteiger partial charge < -0.3 is 5.11 Å². The van der Waals surface area contributed by atoms with Crippen molar-refractivity contribution < 1.29 is 13.9 Å². The molecular weight excluding hydrogens is 382 g/mol. The molecule has 0 aromatic heterocycles. The fourth-order valence-corrected chi connectivity index (χ4v) is 2.73. The summed E-state index contributed by atoms with van der Waals surface area (Å²) in [5.74, 6) is -0.807. The molecule has 0 amide bonds. The lowest BCUT2D eigenvalue weighted by atomic mass is 10.0. The minimum absolute atomic E-state index is 0.195. The van der Waals surface area contributed by atoms with Gasteiger partial charge in [0.2, 0.25) is 0 Å². The van der Waals surface area contributed by atoms with Crippen LogP contribution in [0.5, 0.6) is 0 Å². The minimum Gasteiger partial charge on any atom is -0.388 e. The van der Waals surface area contributed by atoms with Crippen LogP contribution in [0, 0.1) is 11.6 Å². The maximum atomic E-state index is 13.4. The quantitative estimate of drug-likeness (QED) is 0.799. The first-order valence-corrected chi connectivity index (χ1v) is 7.13. The van der Waals surface area contributed by atoms with E-state index in [4.69, 9.17) is 0 Å². The van der Waals surface area contributed by atoms with Gasteiger partial charge in [0, 0.05) is 10.9 Å². The molecule has 0 bridgehead atoms. The molecule has 1 N–H and O–H groups in total. The van der Waals surface area contributed by atoms with Crippen LogP contribution in [0.1, 0.15) is 17.2 Å². The molecule has 1 unspecified atom stereocenters. The van der Waals surface area contributed by atoms with E-state index in [1.807, 2.05) is 0 Å². The maximum Gasteiger partial charge on any atom is 0.137 e. The van der Waals surface area contributed by atoms with E-state index >= 15 is 0 Å². The van der Waals surface area contributed by atoms with Gasteiger partial charge in [-0.25, -0.2) is 8.78 Å². The molecule has 0 heterocycles. The molecule has 0 aliphatic heterocycles. The Hall–Kier alpha value is -0.780. The lowest BCUT2D eigenvalue weighted by molar-refractivity contribution is 0.177. The number of halogens is 4. The summed E-state index contributed by atoms with van der Waals surface area (Å²) in [5.41, 5.74) is 1.07. The van der Waals surface area contributed by atoms with Gasteiger partial charge >= 0.3 is 0 Å². The van der Waals surface area contributed by atoms with Gasteiger partial charge in [-0.15, -0.1) is 0 Å². The van der Waals surface area contributed by atoms with Gasteiger partial charge in [0.15, 0.2) is 0 Å². The van der Waals surface area contributed by atoms with E-state index in [2.05, 4.69) is 31.9 Å². The molecule has 0 saturated heterocycles. The molecule has 100 valence electrons. The standard InChI is InChI=1S/C14H10Br2F2O/c15-11-5-4-9(17)7-10(11)13(19)6-8-2-1-3-12(18)14(8)16/h1-5,7,13,19H,6H2. The van der Waals surface area contributed by atoms with Crippen LogP contribution in [0.15, 0.2) is 45.3 Å². The Balaban J connectivity index is 2.28. The van der Waals surface area contributed by atoms with Crippen LogP contribution >= 0.6 is 31.9 Å². The maximum absolute atomic E-state index is 13.4. The second-order valence-electron chi connectivity index (χ2n) is 4.10. The molecule has 2 aromatic carbocycles. The predicted octanol–water partition coefficient (Wildman–Crippen LogP) is 4.77. The highest BCUT2D eigenvalue weighted by Gasteiger charge is 2.15. The summed E-state index contributed by atoms with van der Waals surface area (Å²) in [7, 11) is 0. The zero-order valence-electron chi connectivity index (χ0n) is 9.71. The lowest BCUT2D eigenvalue weighted by Gasteiger charge is -2.14. The van der Waals surface area contributed by atoms with Gasteiger partial charge in [0.1, 0.15) is 11.6 Å². The van der Waals surface area contributed by atoms with E-state index in [0.717, 1.165) is 0 Å². The molecule has 2 aromatic rings. The molecule has 0 radical (unpaired) electrons. The zero-order valence-corrected chi connectivity index (χ0v) is 12.9. The average Bonchev–Trinajstić information content (AvgIpc) is 2.38. The number of benzene rings is 2. The molecular formula is C14H10Br2F2O. The fourth-order valence-electron chi connectivity index (χ4n) is 1.79. The third-order valence-electron chi connectivity index (χ3n) is 2.76. The molecule has 5 heteroatoms. The topological polar surface area (TPSA) is 20.2 Å². The van der Waals surface area contributed by atoms with Crippen molar-refractivity contribution in [3.63, 3.8) is 0 Å². The summed E-state index contributed by atoms with van der Waals surface area (Å²) in [6.45, 7) is 0. The molecule has 0 aliphatic carbocycles. The third-order valence-corrected chi connectivity index (χ3v) is 4.37. The summed E-state index contributed by atoms with van der Waals surface area (Å²) >= 11 is 6.41. The molecule has 2 rings (SSSR count). The van der Waals surface area contributed by atoms with E-state index in [1.54, 1.807) is 12.1 Å². The van der Waals surface area contributed by atoms with Crippen LogP contribution in [0.25, 0.3) is 0 Å².